The summed E-state index contributed by atoms with van der Waals surface area (Å²) in [5.74, 6) is -1.78. The number of methoxy groups -OCH3 is 1. The Hall–Kier alpha value is -4.13. The highest BCUT2D eigenvalue weighted by Crippen LogP contribution is 2.28. The molecule has 3 aromatic heterocycles. The van der Waals surface area contributed by atoms with Crippen LogP contribution in [0.1, 0.15) is 46.3 Å². The van der Waals surface area contributed by atoms with E-state index in [2.05, 4.69) is 15.4 Å². The fraction of sp³-hybridized carbons (Fsp3) is 0.417. The van der Waals surface area contributed by atoms with Gasteiger partial charge in [-0.15, -0.1) is 0 Å². The number of nitrogens with zero attached hydrogens (tertiary/aromatic N) is 6. The van der Waals surface area contributed by atoms with Crippen molar-refractivity contribution in [1.29, 1.82) is 0 Å². The summed E-state index contributed by atoms with van der Waals surface area (Å²) in [5.41, 5.74) is -0.131. The van der Waals surface area contributed by atoms with Crippen molar-refractivity contribution in [3.63, 3.8) is 0 Å². The van der Waals surface area contributed by atoms with Crippen molar-refractivity contribution < 1.29 is 23.5 Å². The molecule has 3 aromatic rings. The smallest absolute Gasteiger partial charge is 0.280 e. The van der Waals surface area contributed by atoms with E-state index in [-0.39, 0.29) is 66.1 Å². The van der Waals surface area contributed by atoms with Gasteiger partial charge in [0.1, 0.15) is 29.5 Å². The molecule has 1 fully saturated rings. The van der Waals surface area contributed by atoms with E-state index in [9.17, 15) is 23.6 Å². The minimum atomic E-state index is -0.563. The van der Waals surface area contributed by atoms with Crippen LogP contribution in [0.5, 0.6) is 0 Å². The maximum atomic E-state index is 13.5. The van der Waals surface area contributed by atoms with Gasteiger partial charge in [0.25, 0.3) is 17.4 Å². The van der Waals surface area contributed by atoms with E-state index in [1.165, 1.54) is 28.7 Å². The number of hydrogen-bond donors (Lipinski definition) is 1. The SMILES string of the molecule is COC[C@H](C)N1Cc2c(n(CC(=O)Nc3ccc(F)cn3)c3cc(C(=O)N(C)C4CC4)nn3c2=O)C1=O. The summed E-state index contributed by atoms with van der Waals surface area (Å²) < 4.78 is 20.8. The largest absolute Gasteiger partial charge is 0.383 e. The molecule has 194 valence electrons. The Morgan fingerprint density at radius 2 is 2.05 bits per heavy atom. The summed E-state index contributed by atoms with van der Waals surface area (Å²) in [6.45, 7) is 1.69. The van der Waals surface area contributed by atoms with Gasteiger partial charge in [0, 0.05) is 26.3 Å². The van der Waals surface area contributed by atoms with Crippen molar-refractivity contribution in [2.75, 3.05) is 26.1 Å². The lowest BCUT2D eigenvalue weighted by Crippen LogP contribution is -2.37. The van der Waals surface area contributed by atoms with E-state index in [4.69, 9.17) is 4.74 Å². The monoisotopic (exact) mass is 511 g/mol. The number of carbonyl (C=O) groups excluding carboxylic acids is 3. The molecule has 1 aliphatic heterocycles. The number of fused-ring (bicyclic) bond motifs is 2. The van der Waals surface area contributed by atoms with Crippen molar-refractivity contribution in [3.05, 3.63) is 57.5 Å². The minimum Gasteiger partial charge on any atom is -0.383 e. The van der Waals surface area contributed by atoms with Gasteiger partial charge in [-0.1, -0.05) is 0 Å². The Labute approximate surface area is 210 Å². The summed E-state index contributed by atoms with van der Waals surface area (Å²) in [6, 6.07) is 3.68. The third kappa shape index (κ3) is 4.46. The quantitative estimate of drug-likeness (QED) is 0.475. The zero-order chi connectivity index (χ0) is 26.4. The number of hydrogen-bond acceptors (Lipinski definition) is 7. The molecule has 2 aliphatic rings. The number of pyridine rings is 1. The van der Waals surface area contributed by atoms with Gasteiger partial charge in [0.05, 0.1) is 31.0 Å². The molecule has 0 bridgehead atoms. The highest BCUT2D eigenvalue weighted by atomic mass is 19.1. The van der Waals surface area contributed by atoms with Gasteiger partial charge in [-0.3, -0.25) is 19.2 Å². The zero-order valence-corrected chi connectivity index (χ0v) is 20.6. The Morgan fingerprint density at radius 3 is 2.70 bits per heavy atom. The van der Waals surface area contributed by atoms with Crippen LogP contribution in [0.3, 0.4) is 0 Å². The van der Waals surface area contributed by atoms with Crippen LogP contribution in [0.15, 0.2) is 29.2 Å². The van der Waals surface area contributed by atoms with E-state index >= 15 is 0 Å². The summed E-state index contributed by atoms with van der Waals surface area (Å²) in [5, 5.41) is 6.83. The Balaban J connectivity index is 1.58. The van der Waals surface area contributed by atoms with E-state index in [1.807, 2.05) is 0 Å². The molecule has 5 rings (SSSR count). The lowest BCUT2D eigenvalue weighted by Gasteiger charge is -2.23. The van der Waals surface area contributed by atoms with Gasteiger partial charge in [-0.25, -0.2) is 9.37 Å². The first-order chi connectivity index (χ1) is 17.7. The van der Waals surface area contributed by atoms with Crippen molar-refractivity contribution in [2.24, 2.45) is 0 Å². The van der Waals surface area contributed by atoms with Crippen LogP contribution in [0.2, 0.25) is 0 Å². The molecule has 37 heavy (non-hydrogen) atoms. The van der Waals surface area contributed by atoms with Crippen LogP contribution in [0, 0.1) is 5.82 Å². The molecule has 3 amide bonds. The number of anilines is 1. The van der Waals surface area contributed by atoms with Gasteiger partial charge in [0.2, 0.25) is 5.91 Å². The van der Waals surface area contributed by atoms with E-state index < -0.39 is 23.2 Å². The lowest BCUT2D eigenvalue weighted by molar-refractivity contribution is -0.116. The Kier molecular flexibility index (Phi) is 6.23. The fourth-order valence-electron chi connectivity index (χ4n) is 4.52. The van der Waals surface area contributed by atoms with Crippen LogP contribution in [0.4, 0.5) is 10.2 Å². The molecule has 1 atom stereocenters. The number of carbonyl (C=O) groups is 3. The number of rotatable bonds is 8. The standard InChI is InChI=1S/C24H26FN7O5/c1-13(12-37-3)30-10-16-21(24(30)36)31(11-19(33)27-18-7-4-14(25)9-26-18)20-8-17(28-32(20)22(16)34)23(35)29(2)15-5-6-15/h4,7-9,13,15H,5-6,10-12H2,1-3H3,(H,26,27,33)/t13-/m0/s1. The van der Waals surface area contributed by atoms with Gasteiger partial charge >= 0.3 is 0 Å². The van der Waals surface area contributed by atoms with Gasteiger partial charge in [0.15, 0.2) is 5.69 Å². The van der Waals surface area contributed by atoms with E-state index in [0.29, 0.717) is 0 Å². The number of amides is 3. The topological polar surface area (TPSA) is 131 Å². The number of halogens is 1. The molecule has 4 heterocycles. The van der Waals surface area contributed by atoms with Crippen LogP contribution in [-0.2, 0) is 22.6 Å². The minimum absolute atomic E-state index is 0.0136. The third-order valence-corrected chi connectivity index (χ3v) is 6.64. The molecule has 1 aliphatic carbocycles. The maximum Gasteiger partial charge on any atom is 0.280 e. The van der Waals surface area contributed by atoms with Crippen LogP contribution in [-0.4, -0.2) is 79.5 Å². The second-order valence-electron chi connectivity index (χ2n) is 9.31. The molecule has 1 N–H and O–H groups in total. The zero-order valence-electron chi connectivity index (χ0n) is 20.6. The second-order valence-corrected chi connectivity index (χ2v) is 9.31. The second kappa shape index (κ2) is 9.39. The average Bonchev–Trinajstić information content (AvgIpc) is 3.52. The molecule has 0 unspecified atom stereocenters. The van der Waals surface area contributed by atoms with E-state index in [1.54, 1.807) is 18.9 Å². The molecule has 0 aromatic carbocycles. The maximum absolute atomic E-state index is 13.5. The molecule has 0 saturated heterocycles. The van der Waals surface area contributed by atoms with E-state index in [0.717, 1.165) is 29.6 Å². The van der Waals surface area contributed by atoms with Crippen LogP contribution >= 0.6 is 0 Å². The molecule has 0 radical (unpaired) electrons. The summed E-state index contributed by atoms with van der Waals surface area (Å²) >= 11 is 0. The summed E-state index contributed by atoms with van der Waals surface area (Å²) in [7, 11) is 3.19. The highest BCUT2D eigenvalue weighted by molar-refractivity contribution is 5.99. The van der Waals surface area contributed by atoms with Crippen molar-refractivity contribution in [2.45, 2.75) is 44.9 Å². The Morgan fingerprint density at radius 1 is 1.30 bits per heavy atom. The first-order valence-corrected chi connectivity index (χ1v) is 11.8. The molecule has 1 saturated carbocycles. The fourth-order valence-corrected chi connectivity index (χ4v) is 4.52. The molecule has 13 heteroatoms. The predicted molar refractivity (Wildman–Crippen MR) is 129 cm³/mol. The van der Waals surface area contributed by atoms with Crippen molar-refractivity contribution >= 4 is 29.2 Å². The van der Waals surface area contributed by atoms with Gasteiger partial charge in [-0.05, 0) is 31.9 Å². The van der Waals surface area contributed by atoms with Crippen LogP contribution in [0.25, 0.3) is 5.65 Å². The number of ether oxygens (including phenoxy) is 1. The Bertz CT molecular complexity index is 1460. The highest BCUT2D eigenvalue weighted by Gasteiger charge is 2.38. The normalized spacial score (nSPS) is 15.7. The molecule has 12 nitrogen and oxygen atoms in total. The number of aromatic nitrogens is 4. The van der Waals surface area contributed by atoms with Gasteiger partial charge in [-0.2, -0.15) is 9.61 Å². The summed E-state index contributed by atoms with van der Waals surface area (Å²) in [4.78, 5) is 59.7. The molecule has 0 spiro atoms. The van der Waals surface area contributed by atoms with Gasteiger partial charge < -0.3 is 24.4 Å². The first-order valence-electron chi connectivity index (χ1n) is 11.8. The van der Waals surface area contributed by atoms with Crippen molar-refractivity contribution in [3.8, 4) is 0 Å². The first kappa shape index (κ1) is 24.6. The third-order valence-electron chi connectivity index (χ3n) is 6.64. The van der Waals surface area contributed by atoms with Crippen molar-refractivity contribution in [1.82, 2.24) is 29.0 Å². The molecular weight excluding hydrogens is 485 g/mol. The van der Waals surface area contributed by atoms with Crippen LogP contribution < -0.4 is 10.9 Å². The molecular formula is C24H26FN7O5. The number of nitrogens with one attached hydrogen (secondary N) is 1. The lowest BCUT2D eigenvalue weighted by atomic mass is 10.2. The summed E-state index contributed by atoms with van der Waals surface area (Å²) in [6.07, 6.45) is 2.77. The average molecular weight is 512 g/mol. The predicted octanol–water partition coefficient (Wildman–Crippen LogP) is 0.894.